The number of nitrogens with zero attached hydrogens (tertiary/aromatic N) is 4. The number of hydrogen-bond donors (Lipinski definition) is 2. The first kappa shape index (κ1) is 26.5. The van der Waals surface area contributed by atoms with Gasteiger partial charge in [-0.25, -0.2) is 22.6 Å². The number of carbonyl (C=O) groups is 1. The van der Waals surface area contributed by atoms with Crippen LogP contribution in [0.5, 0.6) is 0 Å². The summed E-state index contributed by atoms with van der Waals surface area (Å²) < 4.78 is 43.4. The second kappa shape index (κ2) is 10.7. The van der Waals surface area contributed by atoms with Crippen molar-refractivity contribution in [3.63, 3.8) is 0 Å². The zero-order valence-corrected chi connectivity index (χ0v) is 21.1. The van der Waals surface area contributed by atoms with E-state index < -0.39 is 22.7 Å². The zero-order valence-electron chi connectivity index (χ0n) is 20.3. The summed E-state index contributed by atoms with van der Waals surface area (Å²) in [5.41, 5.74) is 1.14. The van der Waals surface area contributed by atoms with E-state index in [0.717, 1.165) is 5.76 Å². The molecule has 3 aromatic rings. The van der Waals surface area contributed by atoms with Crippen molar-refractivity contribution >= 4 is 15.9 Å². The number of rotatable bonds is 11. The first-order valence-electron chi connectivity index (χ1n) is 11.2. The second-order valence-corrected chi connectivity index (χ2v) is 11.0. The Bertz CT molecular complexity index is 1250. The van der Waals surface area contributed by atoms with Gasteiger partial charge in [0.05, 0.1) is 31.7 Å². The topological polar surface area (TPSA) is 133 Å². The molecule has 10 nitrogen and oxygen atoms in total. The van der Waals surface area contributed by atoms with Gasteiger partial charge in [0.15, 0.2) is 5.76 Å². The van der Waals surface area contributed by atoms with Gasteiger partial charge in [-0.2, -0.15) is 0 Å². The Morgan fingerprint density at radius 1 is 1.17 bits per heavy atom. The van der Waals surface area contributed by atoms with Crippen LogP contribution >= 0.6 is 0 Å². The number of nitrogens with two attached hydrogens (primary N) is 1. The quantitative estimate of drug-likeness (QED) is 0.383. The maximum Gasteiger partial charge on any atom is 0.245 e. The number of alkyl halides is 1. The highest BCUT2D eigenvalue weighted by Gasteiger charge is 2.26. The van der Waals surface area contributed by atoms with Crippen LogP contribution in [-0.4, -0.2) is 61.1 Å². The first-order chi connectivity index (χ1) is 16.4. The number of quaternary nitrogens is 1. The summed E-state index contributed by atoms with van der Waals surface area (Å²) in [6, 6.07) is 8.98. The third-order valence-electron chi connectivity index (χ3n) is 5.60. The highest BCUT2D eigenvalue weighted by atomic mass is 32.2. The van der Waals surface area contributed by atoms with Gasteiger partial charge in [-0.05, 0) is 30.2 Å². The summed E-state index contributed by atoms with van der Waals surface area (Å²) in [5.74, 6) is 1.00. The Morgan fingerprint density at radius 2 is 1.83 bits per heavy atom. The van der Waals surface area contributed by atoms with Crippen LogP contribution in [0.1, 0.15) is 31.4 Å². The Morgan fingerprint density at radius 3 is 2.43 bits per heavy atom. The first-order valence-corrected chi connectivity index (χ1v) is 12.7. The summed E-state index contributed by atoms with van der Waals surface area (Å²) in [7, 11) is 0.0664. The average molecular weight is 507 g/mol. The summed E-state index contributed by atoms with van der Waals surface area (Å²) in [4.78, 5) is 13.0. The summed E-state index contributed by atoms with van der Waals surface area (Å²) in [5, 5.41) is 16.3. The largest absolute Gasteiger partial charge is 0.458 e. The summed E-state index contributed by atoms with van der Waals surface area (Å²) in [6.07, 6.45) is 1.64. The third kappa shape index (κ3) is 6.96. The zero-order chi connectivity index (χ0) is 25.8. The van der Waals surface area contributed by atoms with Gasteiger partial charge in [-0.1, -0.05) is 31.2 Å². The Labute approximate surface area is 204 Å². The third-order valence-corrected chi connectivity index (χ3v) is 6.53. The lowest BCUT2D eigenvalue weighted by molar-refractivity contribution is -0.904. The van der Waals surface area contributed by atoms with Crippen molar-refractivity contribution in [2.75, 3.05) is 27.3 Å². The standard InChI is InChI=1S/C23H31FN6O4S/c1-16(2)22(23(31)26-13-18-7-8-19(34-18)15-30(3,4)12-11-24)29-14-21(27-28-29)17-5-9-20(10-6-17)35(25,32)33/h5-10,14,16,22H,11-13,15H2,1-4H3,(H2-,25,26,31,32,33)/p+1/t22-/m0/s1/i24-1. The highest BCUT2D eigenvalue weighted by Crippen LogP contribution is 2.23. The molecule has 1 atom stereocenters. The lowest BCUT2D eigenvalue weighted by Gasteiger charge is -2.27. The van der Waals surface area contributed by atoms with E-state index in [1.165, 1.54) is 16.8 Å². The molecule has 0 saturated heterocycles. The molecule has 0 saturated carbocycles. The predicted octanol–water partition coefficient (Wildman–Crippen LogP) is 2.24. The van der Waals surface area contributed by atoms with Crippen molar-refractivity contribution in [1.29, 1.82) is 0 Å². The van der Waals surface area contributed by atoms with Gasteiger partial charge in [0.2, 0.25) is 15.9 Å². The smallest absolute Gasteiger partial charge is 0.245 e. The van der Waals surface area contributed by atoms with Crippen molar-refractivity contribution < 1.29 is 26.5 Å². The number of benzene rings is 1. The van der Waals surface area contributed by atoms with Crippen molar-refractivity contribution in [3.05, 3.63) is 54.1 Å². The van der Waals surface area contributed by atoms with Crippen molar-refractivity contribution in [2.24, 2.45) is 11.1 Å². The summed E-state index contributed by atoms with van der Waals surface area (Å²) >= 11 is 0. The van der Waals surface area contributed by atoms with Crippen LogP contribution in [0.3, 0.4) is 0 Å². The number of halogens is 1. The fraction of sp³-hybridized carbons (Fsp3) is 0.435. The van der Waals surface area contributed by atoms with Crippen molar-refractivity contribution in [1.82, 2.24) is 20.3 Å². The van der Waals surface area contributed by atoms with Crippen LogP contribution in [0, 0.1) is 5.92 Å². The Hall–Kier alpha value is -3.09. The van der Waals surface area contributed by atoms with E-state index in [4.69, 9.17) is 9.56 Å². The summed E-state index contributed by atoms with van der Waals surface area (Å²) in [6.45, 7) is 4.55. The Balaban J connectivity index is 1.67. The van der Waals surface area contributed by atoms with Crippen molar-refractivity contribution in [3.8, 4) is 11.3 Å². The molecule has 2 aromatic heterocycles. The van der Waals surface area contributed by atoms with Gasteiger partial charge >= 0.3 is 0 Å². The van der Waals surface area contributed by atoms with Crippen LogP contribution in [0.25, 0.3) is 11.3 Å². The minimum absolute atomic E-state index is 0.000850. The molecule has 0 aliphatic carbocycles. The van der Waals surface area contributed by atoms with E-state index in [-0.39, 0.29) is 23.3 Å². The molecule has 0 spiro atoms. The number of primary sulfonamides is 1. The maximum atomic E-state index is 13.0. The number of hydrogen-bond acceptors (Lipinski definition) is 6. The molecule has 0 aliphatic heterocycles. The predicted molar refractivity (Wildman–Crippen MR) is 128 cm³/mol. The number of nitrogens with one attached hydrogen (secondary N) is 1. The maximum absolute atomic E-state index is 13.0. The minimum Gasteiger partial charge on any atom is -0.458 e. The molecule has 35 heavy (non-hydrogen) atoms. The van der Waals surface area contributed by atoms with Crippen LogP contribution in [0.15, 0.2) is 51.9 Å². The molecule has 0 radical (unpaired) electrons. The number of aromatic nitrogens is 3. The number of furan rings is 1. The van der Waals surface area contributed by atoms with Crippen LogP contribution in [0.2, 0.25) is 0 Å². The molecule has 0 aliphatic rings. The molecule has 0 unspecified atom stereocenters. The fourth-order valence-electron chi connectivity index (χ4n) is 3.70. The molecule has 190 valence electrons. The molecule has 3 rings (SSSR count). The number of amides is 1. The lowest BCUT2D eigenvalue weighted by atomic mass is 10.0. The minimum atomic E-state index is -3.79. The SMILES string of the molecule is CC(C)[C@@H](C(=O)NCc1ccc(C[N+](C)(C)CC[18F])o1)n1cc(-c2ccc(S(N)(=O)=O)cc2)nn1. The Kier molecular flexibility index (Phi) is 8.08. The molecule has 1 amide bonds. The number of carbonyl (C=O) groups excluding carboxylic acids is 1. The molecular formula is C23H32FN6O4S+. The number of sulfonamides is 1. The van der Waals surface area contributed by atoms with Gasteiger partial charge in [0.1, 0.15) is 37.3 Å². The van der Waals surface area contributed by atoms with E-state index in [9.17, 15) is 17.6 Å². The van der Waals surface area contributed by atoms with E-state index in [1.54, 1.807) is 24.4 Å². The normalized spacial score (nSPS) is 13.2. The van der Waals surface area contributed by atoms with E-state index >= 15 is 0 Å². The molecule has 0 bridgehead atoms. The van der Waals surface area contributed by atoms with Gasteiger partial charge < -0.3 is 14.2 Å². The molecule has 3 N–H and O–H groups in total. The molecule has 1 aromatic carbocycles. The second-order valence-electron chi connectivity index (χ2n) is 9.43. The van der Waals surface area contributed by atoms with Gasteiger partial charge in [-0.3, -0.25) is 4.79 Å². The molecule has 0 fully saturated rings. The molecule has 2 heterocycles. The van der Waals surface area contributed by atoms with E-state index in [2.05, 4.69) is 15.6 Å². The fourth-order valence-corrected chi connectivity index (χ4v) is 4.21. The highest BCUT2D eigenvalue weighted by molar-refractivity contribution is 7.89. The van der Waals surface area contributed by atoms with Crippen LogP contribution in [-0.2, 0) is 27.9 Å². The van der Waals surface area contributed by atoms with E-state index in [1.807, 2.05) is 34.0 Å². The van der Waals surface area contributed by atoms with Gasteiger partial charge in [0.25, 0.3) is 0 Å². The van der Waals surface area contributed by atoms with Crippen molar-refractivity contribution in [2.45, 2.75) is 37.9 Å². The van der Waals surface area contributed by atoms with Crippen LogP contribution < -0.4 is 10.5 Å². The van der Waals surface area contributed by atoms with Gasteiger partial charge in [0, 0.05) is 5.56 Å². The van der Waals surface area contributed by atoms with Crippen LogP contribution in [0.4, 0.5) is 4.39 Å². The average Bonchev–Trinajstić information content (AvgIpc) is 3.41. The van der Waals surface area contributed by atoms with E-state index in [0.29, 0.717) is 34.6 Å². The molecular weight excluding hydrogens is 474 g/mol. The van der Waals surface area contributed by atoms with Gasteiger partial charge in [-0.15, -0.1) is 5.10 Å². The monoisotopic (exact) mass is 506 g/mol. The molecule has 12 heteroatoms. The lowest BCUT2D eigenvalue weighted by Crippen LogP contribution is -2.40.